The van der Waals surface area contributed by atoms with E-state index in [1.807, 2.05) is 0 Å². The minimum Gasteiger partial charge on any atom is -0.381 e. The van der Waals surface area contributed by atoms with Crippen molar-refractivity contribution in [3.63, 3.8) is 0 Å². The summed E-state index contributed by atoms with van der Waals surface area (Å²) in [5.74, 6) is 0.975. The van der Waals surface area contributed by atoms with Crippen LogP contribution in [0.15, 0.2) is 0 Å². The zero-order valence-corrected chi connectivity index (χ0v) is 19.0. The van der Waals surface area contributed by atoms with Crippen molar-refractivity contribution in [3.8, 4) is 0 Å². The van der Waals surface area contributed by atoms with Gasteiger partial charge in [0.25, 0.3) is 0 Å². The summed E-state index contributed by atoms with van der Waals surface area (Å²) in [4.78, 5) is 2.65. The van der Waals surface area contributed by atoms with E-state index in [2.05, 4.69) is 46.4 Å². The average molecular weight is 368 g/mol. The molecular formula is C24H49NO. The van der Waals surface area contributed by atoms with Gasteiger partial charge in [-0.05, 0) is 77.3 Å². The topological polar surface area (TPSA) is 12.5 Å². The summed E-state index contributed by atoms with van der Waals surface area (Å²) in [6, 6.07) is 0. The number of piperidine rings is 1. The highest BCUT2D eigenvalue weighted by atomic mass is 16.5. The SMILES string of the molecule is CC(C)(C)CCCCCCOCCCCCC1CCN(C(C)(C)C)CC1. The molecule has 2 heteroatoms. The Labute approximate surface area is 165 Å². The molecule has 0 N–H and O–H groups in total. The van der Waals surface area contributed by atoms with Crippen molar-refractivity contribution in [2.75, 3.05) is 26.3 Å². The molecule has 0 radical (unpaired) electrons. The number of hydrogen-bond donors (Lipinski definition) is 0. The minimum absolute atomic E-state index is 0.356. The van der Waals surface area contributed by atoms with Crippen LogP contribution in [0.4, 0.5) is 0 Å². The van der Waals surface area contributed by atoms with Crippen LogP contribution < -0.4 is 0 Å². The predicted molar refractivity (Wildman–Crippen MR) is 116 cm³/mol. The minimum atomic E-state index is 0.356. The number of hydrogen-bond acceptors (Lipinski definition) is 2. The summed E-state index contributed by atoms with van der Waals surface area (Å²) in [5, 5.41) is 0. The van der Waals surface area contributed by atoms with Crippen molar-refractivity contribution in [1.29, 1.82) is 0 Å². The molecule has 1 aliphatic heterocycles. The third-order valence-corrected chi connectivity index (χ3v) is 5.93. The fourth-order valence-electron chi connectivity index (χ4n) is 4.02. The van der Waals surface area contributed by atoms with Crippen molar-refractivity contribution in [3.05, 3.63) is 0 Å². The lowest BCUT2D eigenvalue weighted by Crippen LogP contribution is -2.46. The van der Waals surface area contributed by atoms with Crippen LogP contribution in [0.2, 0.25) is 0 Å². The van der Waals surface area contributed by atoms with Crippen LogP contribution in [0.3, 0.4) is 0 Å². The number of likely N-dealkylation sites (tertiary alicyclic amines) is 1. The van der Waals surface area contributed by atoms with Gasteiger partial charge in [0.05, 0.1) is 0 Å². The zero-order valence-electron chi connectivity index (χ0n) is 19.0. The molecule has 1 fully saturated rings. The maximum atomic E-state index is 5.82. The highest BCUT2D eigenvalue weighted by molar-refractivity contribution is 4.81. The highest BCUT2D eigenvalue weighted by Crippen LogP contribution is 2.27. The molecule has 0 unspecified atom stereocenters. The summed E-state index contributed by atoms with van der Waals surface area (Å²) in [7, 11) is 0. The molecule has 1 heterocycles. The van der Waals surface area contributed by atoms with E-state index in [9.17, 15) is 0 Å². The van der Waals surface area contributed by atoms with Crippen LogP contribution in [-0.2, 0) is 4.74 Å². The Morgan fingerprint density at radius 3 is 1.81 bits per heavy atom. The first kappa shape index (κ1) is 24.0. The van der Waals surface area contributed by atoms with Crippen molar-refractivity contribution < 1.29 is 4.74 Å². The van der Waals surface area contributed by atoms with E-state index in [-0.39, 0.29) is 0 Å². The van der Waals surface area contributed by atoms with Gasteiger partial charge in [-0.15, -0.1) is 0 Å². The van der Waals surface area contributed by atoms with Crippen molar-refractivity contribution in [2.45, 2.75) is 118 Å². The van der Waals surface area contributed by atoms with Gasteiger partial charge in [-0.1, -0.05) is 59.3 Å². The predicted octanol–water partition coefficient (Wildman–Crippen LogP) is 7.07. The molecule has 26 heavy (non-hydrogen) atoms. The molecule has 0 aromatic carbocycles. The summed E-state index contributed by atoms with van der Waals surface area (Å²) in [5.41, 5.74) is 0.856. The number of unbranched alkanes of at least 4 members (excludes halogenated alkanes) is 5. The lowest BCUT2D eigenvalue weighted by molar-refractivity contribution is 0.0840. The van der Waals surface area contributed by atoms with Gasteiger partial charge >= 0.3 is 0 Å². The number of nitrogens with zero attached hydrogens (tertiary/aromatic N) is 1. The Morgan fingerprint density at radius 1 is 0.731 bits per heavy atom. The van der Waals surface area contributed by atoms with Crippen molar-refractivity contribution >= 4 is 0 Å². The molecule has 156 valence electrons. The second-order valence-electron chi connectivity index (χ2n) is 10.8. The Morgan fingerprint density at radius 2 is 1.27 bits per heavy atom. The van der Waals surface area contributed by atoms with Gasteiger partial charge in [0.2, 0.25) is 0 Å². The average Bonchev–Trinajstić information content (AvgIpc) is 2.54. The smallest absolute Gasteiger partial charge is 0.0466 e. The van der Waals surface area contributed by atoms with E-state index in [0.29, 0.717) is 11.0 Å². The van der Waals surface area contributed by atoms with Crippen LogP contribution >= 0.6 is 0 Å². The number of ether oxygens (including phenoxy) is 1. The molecular weight excluding hydrogens is 318 g/mol. The summed E-state index contributed by atoms with van der Waals surface area (Å²) in [6.07, 6.45) is 14.9. The molecule has 2 nitrogen and oxygen atoms in total. The van der Waals surface area contributed by atoms with Gasteiger partial charge in [0.1, 0.15) is 0 Å². The summed E-state index contributed by atoms with van der Waals surface area (Å²) < 4.78 is 5.82. The molecule has 0 aromatic heterocycles. The molecule has 0 aliphatic carbocycles. The van der Waals surface area contributed by atoms with Gasteiger partial charge in [-0.25, -0.2) is 0 Å². The summed E-state index contributed by atoms with van der Waals surface area (Å²) in [6.45, 7) is 18.6. The van der Waals surface area contributed by atoms with Crippen molar-refractivity contribution in [1.82, 2.24) is 4.90 Å². The first-order valence-electron chi connectivity index (χ1n) is 11.5. The molecule has 0 saturated carbocycles. The van der Waals surface area contributed by atoms with Crippen LogP contribution in [0.1, 0.15) is 112 Å². The third-order valence-electron chi connectivity index (χ3n) is 5.93. The Kier molecular flexibility index (Phi) is 11.4. The molecule has 1 rings (SSSR count). The first-order chi connectivity index (χ1) is 12.2. The number of rotatable bonds is 12. The Balaban J connectivity index is 1.83. The third kappa shape index (κ3) is 12.3. The lowest BCUT2D eigenvalue weighted by Gasteiger charge is -2.41. The molecule has 0 spiro atoms. The van der Waals surface area contributed by atoms with Gasteiger partial charge in [0.15, 0.2) is 0 Å². The fourth-order valence-corrected chi connectivity index (χ4v) is 4.02. The molecule has 0 amide bonds. The highest BCUT2D eigenvalue weighted by Gasteiger charge is 2.26. The van der Waals surface area contributed by atoms with E-state index >= 15 is 0 Å². The van der Waals surface area contributed by atoms with E-state index in [1.165, 1.54) is 83.7 Å². The monoisotopic (exact) mass is 367 g/mol. The Hall–Kier alpha value is -0.0800. The lowest BCUT2D eigenvalue weighted by atomic mass is 9.89. The molecule has 0 aromatic rings. The van der Waals surface area contributed by atoms with Crippen LogP contribution in [-0.4, -0.2) is 36.7 Å². The molecule has 0 atom stereocenters. The van der Waals surface area contributed by atoms with Gasteiger partial charge < -0.3 is 4.74 Å². The largest absolute Gasteiger partial charge is 0.381 e. The zero-order chi connectivity index (χ0) is 19.5. The van der Waals surface area contributed by atoms with E-state index in [1.54, 1.807) is 0 Å². The van der Waals surface area contributed by atoms with E-state index in [0.717, 1.165) is 19.1 Å². The Bertz CT molecular complexity index is 331. The van der Waals surface area contributed by atoms with Gasteiger partial charge in [-0.2, -0.15) is 0 Å². The van der Waals surface area contributed by atoms with E-state index < -0.39 is 0 Å². The van der Waals surface area contributed by atoms with Crippen LogP contribution in [0, 0.1) is 11.3 Å². The standard InChI is InChI=1S/C24H49NO/c1-23(2,3)17-11-7-8-12-20-26-21-13-9-10-14-22-15-18-25(19-16-22)24(4,5)6/h22H,7-21H2,1-6H3. The second kappa shape index (κ2) is 12.4. The molecule has 0 bridgehead atoms. The second-order valence-corrected chi connectivity index (χ2v) is 10.8. The molecule has 1 aliphatic rings. The fraction of sp³-hybridized carbons (Fsp3) is 1.00. The molecule has 1 saturated heterocycles. The van der Waals surface area contributed by atoms with Crippen LogP contribution in [0.5, 0.6) is 0 Å². The quantitative estimate of drug-likeness (QED) is 0.342. The summed E-state index contributed by atoms with van der Waals surface area (Å²) >= 11 is 0. The van der Waals surface area contributed by atoms with Gasteiger partial charge in [-0.3, -0.25) is 4.90 Å². The maximum Gasteiger partial charge on any atom is 0.0466 e. The van der Waals surface area contributed by atoms with Crippen LogP contribution in [0.25, 0.3) is 0 Å². The van der Waals surface area contributed by atoms with E-state index in [4.69, 9.17) is 4.74 Å². The van der Waals surface area contributed by atoms with Gasteiger partial charge in [0, 0.05) is 18.8 Å². The first-order valence-corrected chi connectivity index (χ1v) is 11.5. The normalized spacial score (nSPS) is 17.8. The maximum absolute atomic E-state index is 5.82. The van der Waals surface area contributed by atoms with Crippen molar-refractivity contribution in [2.24, 2.45) is 11.3 Å².